The molecule has 0 unspecified atom stereocenters. The van der Waals surface area contributed by atoms with E-state index >= 15 is 0 Å². The van der Waals surface area contributed by atoms with Gasteiger partial charge in [-0.25, -0.2) is 14.8 Å². The fourth-order valence-electron chi connectivity index (χ4n) is 2.48. The van der Waals surface area contributed by atoms with Gasteiger partial charge in [0.25, 0.3) is 5.91 Å². The fraction of sp³-hybridized carbons (Fsp3) is 0.238. The zero-order chi connectivity index (χ0) is 21.5. The van der Waals surface area contributed by atoms with Gasteiger partial charge in [0.05, 0.1) is 11.7 Å². The molecule has 0 saturated heterocycles. The predicted molar refractivity (Wildman–Crippen MR) is 118 cm³/mol. The largest absolute Gasteiger partial charge is 0.478 e. The second-order valence-corrected chi connectivity index (χ2v) is 8.52. The summed E-state index contributed by atoms with van der Waals surface area (Å²) in [4.78, 5) is 32.1. The summed E-state index contributed by atoms with van der Waals surface area (Å²) in [5.41, 5.74) is 1.72. The molecule has 0 aliphatic rings. The van der Waals surface area contributed by atoms with E-state index in [1.165, 1.54) is 23.9 Å². The molecule has 156 valence electrons. The summed E-state index contributed by atoms with van der Waals surface area (Å²) in [6.45, 7) is 3.79. The van der Waals surface area contributed by atoms with Crippen LogP contribution in [0, 0.1) is 0 Å². The maximum Gasteiger partial charge on any atom is 0.337 e. The third-order valence-corrected chi connectivity index (χ3v) is 5.51. The first kappa shape index (κ1) is 21.8. The highest BCUT2D eigenvalue weighted by Gasteiger charge is 2.14. The fourth-order valence-corrected chi connectivity index (χ4v) is 4.09. The number of aromatic carboxylic acids is 1. The first-order chi connectivity index (χ1) is 14.4. The summed E-state index contributed by atoms with van der Waals surface area (Å²) < 4.78 is 5.71. The van der Waals surface area contributed by atoms with Gasteiger partial charge >= 0.3 is 5.97 Å². The second-order valence-electron chi connectivity index (χ2n) is 6.62. The SMILES string of the molecule is CC(C)Oc1cc(C(=O)Nc2ccc(C(=O)O)cn2)cc(SCCc2ccsc2)n1. The molecule has 3 heterocycles. The average molecular weight is 444 g/mol. The van der Waals surface area contributed by atoms with Gasteiger partial charge in [0.1, 0.15) is 10.8 Å². The van der Waals surface area contributed by atoms with Crippen molar-refractivity contribution in [3.8, 4) is 5.88 Å². The highest BCUT2D eigenvalue weighted by Crippen LogP contribution is 2.24. The number of amides is 1. The molecule has 1 amide bonds. The minimum absolute atomic E-state index is 0.0499. The normalized spacial score (nSPS) is 10.8. The molecular formula is C21H21N3O4S2. The van der Waals surface area contributed by atoms with Crippen molar-refractivity contribution in [1.29, 1.82) is 0 Å². The van der Waals surface area contributed by atoms with E-state index in [2.05, 4.69) is 32.1 Å². The van der Waals surface area contributed by atoms with Gasteiger partial charge in [0.15, 0.2) is 0 Å². The Hall–Kier alpha value is -2.91. The highest BCUT2D eigenvalue weighted by atomic mass is 32.2. The molecule has 3 aromatic rings. The summed E-state index contributed by atoms with van der Waals surface area (Å²) in [5.74, 6) is 0.0220. The van der Waals surface area contributed by atoms with E-state index < -0.39 is 5.97 Å². The van der Waals surface area contributed by atoms with Crippen LogP contribution in [0.4, 0.5) is 5.82 Å². The van der Waals surface area contributed by atoms with E-state index in [9.17, 15) is 9.59 Å². The van der Waals surface area contributed by atoms with Gasteiger partial charge in [-0.3, -0.25) is 4.79 Å². The number of anilines is 1. The van der Waals surface area contributed by atoms with Gasteiger partial charge in [-0.05, 0) is 60.9 Å². The van der Waals surface area contributed by atoms with Crippen LogP contribution in [-0.2, 0) is 6.42 Å². The number of nitrogens with zero attached hydrogens (tertiary/aromatic N) is 2. The number of hydrogen-bond acceptors (Lipinski definition) is 7. The molecule has 0 aliphatic heterocycles. The summed E-state index contributed by atoms with van der Waals surface area (Å²) >= 11 is 3.22. The quantitative estimate of drug-likeness (QED) is 0.466. The lowest BCUT2D eigenvalue weighted by molar-refractivity contribution is 0.0696. The molecule has 30 heavy (non-hydrogen) atoms. The Bertz CT molecular complexity index is 1010. The Kier molecular flexibility index (Phi) is 7.42. The molecule has 3 rings (SSSR count). The third-order valence-electron chi connectivity index (χ3n) is 3.87. The monoisotopic (exact) mass is 443 g/mol. The Morgan fingerprint density at radius 1 is 1.23 bits per heavy atom. The van der Waals surface area contributed by atoms with Crippen molar-refractivity contribution in [2.45, 2.75) is 31.4 Å². The van der Waals surface area contributed by atoms with Crippen LogP contribution in [-0.4, -0.2) is 38.8 Å². The topological polar surface area (TPSA) is 101 Å². The van der Waals surface area contributed by atoms with Crippen molar-refractivity contribution < 1.29 is 19.4 Å². The van der Waals surface area contributed by atoms with E-state index in [-0.39, 0.29) is 23.4 Å². The van der Waals surface area contributed by atoms with Gasteiger partial charge < -0.3 is 15.2 Å². The molecule has 2 N–H and O–H groups in total. The first-order valence-corrected chi connectivity index (χ1v) is 11.2. The van der Waals surface area contributed by atoms with Gasteiger partial charge in [-0.15, -0.1) is 11.8 Å². The van der Waals surface area contributed by atoms with E-state index in [1.807, 2.05) is 13.8 Å². The molecule has 0 saturated carbocycles. The standard InChI is InChI=1S/C21H21N3O4S2/c1-13(2)28-18-9-16(10-19(24-18)30-8-6-14-5-7-29-12-14)20(25)23-17-4-3-15(11-22-17)21(26)27/h3-5,7,9-13H,6,8H2,1-2H3,(H,26,27)(H,22,23,25). The number of ether oxygens (including phenoxy) is 1. The molecule has 3 aromatic heterocycles. The maximum atomic E-state index is 12.7. The van der Waals surface area contributed by atoms with Gasteiger partial charge in [-0.1, -0.05) is 0 Å². The Labute approximate surface area is 182 Å². The van der Waals surface area contributed by atoms with E-state index in [0.717, 1.165) is 12.2 Å². The van der Waals surface area contributed by atoms with Gasteiger partial charge in [0, 0.05) is 23.6 Å². The van der Waals surface area contributed by atoms with E-state index in [4.69, 9.17) is 9.84 Å². The number of hydrogen-bond donors (Lipinski definition) is 2. The maximum absolute atomic E-state index is 12.7. The molecule has 0 aromatic carbocycles. The number of carboxylic acid groups (broad SMARTS) is 1. The number of thiophene rings is 1. The number of aromatic nitrogens is 2. The number of nitrogens with one attached hydrogen (secondary N) is 1. The second kappa shape index (κ2) is 10.2. The van der Waals surface area contributed by atoms with Gasteiger partial charge in [-0.2, -0.15) is 11.3 Å². The number of aryl methyl sites for hydroxylation is 1. The van der Waals surface area contributed by atoms with Gasteiger partial charge in [0.2, 0.25) is 5.88 Å². The molecule has 7 nitrogen and oxygen atoms in total. The zero-order valence-electron chi connectivity index (χ0n) is 16.5. The number of rotatable bonds is 9. The lowest BCUT2D eigenvalue weighted by Crippen LogP contribution is -2.15. The molecule has 0 radical (unpaired) electrons. The van der Waals surface area contributed by atoms with Crippen molar-refractivity contribution in [1.82, 2.24) is 9.97 Å². The number of carbonyl (C=O) groups is 2. The smallest absolute Gasteiger partial charge is 0.337 e. The predicted octanol–water partition coefficient (Wildman–Crippen LogP) is 4.61. The van der Waals surface area contributed by atoms with Crippen molar-refractivity contribution >= 4 is 40.8 Å². The summed E-state index contributed by atoms with van der Waals surface area (Å²) in [7, 11) is 0. The molecular weight excluding hydrogens is 422 g/mol. The number of carboxylic acids is 1. The number of pyridine rings is 2. The van der Waals surface area contributed by atoms with Crippen LogP contribution in [0.25, 0.3) is 0 Å². The minimum Gasteiger partial charge on any atom is -0.478 e. The van der Waals surface area contributed by atoms with Crippen LogP contribution in [0.3, 0.4) is 0 Å². The average Bonchev–Trinajstić information content (AvgIpc) is 3.21. The molecule has 0 bridgehead atoms. The Balaban J connectivity index is 1.73. The molecule has 0 spiro atoms. The van der Waals surface area contributed by atoms with Crippen molar-refractivity contribution in [3.63, 3.8) is 0 Å². The molecule has 9 heteroatoms. The Morgan fingerprint density at radius 2 is 2.07 bits per heavy atom. The molecule has 0 atom stereocenters. The summed E-state index contributed by atoms with van der Waals surface area (Å²) in [6, 6.07) is 8.23. The third kappa shape index (κ3) is 6.30. The lowest BCUT2D eigenvalue weighted by atomic mass is 10.2. The van der Waals surface area contributed by atoms with Crippen LogP contribution in [0.15, 0.2) is 52.3 Å². The van der Waals surface area contributed by atoms with Crippen LogP contribution < -0.4 is 10.1 Å². The van der Waals surface area contributed by atoms with Crippen LogP contribution in [0.1, 0.15) is 40.1 Å². The van der Waals surface area contributed by atoms with Crippen molar-refractivity contribution in [2.75, 3.05) is 11.1 Å². The van der Waals surface area contributed by atoms with Crippen molar-refractivity contribution in [3.05, 3.63) is 64.0 Å². The molecule has 0 fully saturated rings. The number of carbonyl (C=O) groups excluding carboxylic acids is 1. The Morgan fingerprint density at radius 3 is 2.70 bits per heavy atom. The molecule has 0 aliphatic carbocycles. The van der Waals surface area contributed by atoms with Crippen LogP contribution >= 0.6 is 23.1 Å². The van der Waals surface area contributed by atoms with Crippen molar-refractivity contribution in [2.24, 2.45) is 0 Å². The summed E-state index contributed by atoms with van der Waals surface area (Å²) in [6.07, 6.45) is 2.03. The first-order valence-electron chi connectivity index (χ1n) is 9.24. The highest BCUT2D eigenvalue weighted by molar-refractivity contribution is 7.99. The van der Waals surface area contributed by atoms with E-state index in [1.54, 1.807) is 35.2 Å². The zero-order valence-corrected chi connectivity index (χ0v) is 18.1. The summed E-state index contributed by atoms with van der Waals surface area (Å²) in [5, 5.41) is 16.5. The number of thioether (sulfide) groups is 1. The van der Waals surface area contributed by atoms with Crippen LogP contribution in [0.5, 0.6) is 5.88 Å². The lowest BCUT2D eigenvalue weighted by Gasteiger charge is -2.12. The minimum atomic E-state index is -1.07. The van der Waals surface area contributed by atoms with Crippen LogP contribution in [0.2, 0.25) is 0 Å². The van der Waals surface area contributed by atoms with E-state index in [0.29, 0.717) is 16.5 Å².